The summed E-state index contributed by atoms with van der Waals surface area (Å²) in [5, 5.41) is 18.9. The lowest BCUT2D eigenvalue weighted by Crippen LogP contribution is -2.04. The van der Waals surface area contributed by atoms with E-state index in [2.05, 4.69) is 0 Å². The van der Waals surface area contributed by atoms with Crippen LogP contribution in [0.2, 0.25) is 0 Å². The van der Waals surface area contributed by atoms with Crippen LogP contribution in [0, 0.1) is 22.7 Å². The van der Waals surface area contributed by atoms with Gasteiger partial charge in [0.05, 0.1) is 12.2 Å². The highest BCUT2D eigenvalue weighted by atomic mass is 32.1. The van der Waals surface area contributed by atoms with Gasteiger partial charge in [0.1, 0.15) is 17.7 Å². The third-order valence-corrected chi connectivity index (χ3v) is 2.57. The van der Waals surface area contributed by atoms with Crippen molar-refractivity contribution in [1.29, 1.82) is 10.5 Å². The van der Waals surface area contributed by atoms with Gasteiger partial charge in [0.15, 0.2) is 0 Å². The Morgan fingerprint density at radius 1 is 1.56 bits per heavy atom. The van der Waals surface area contributed by atoms with Crippen molar-refractivity contribution in [3.63, 3.8) is 0 Å². The first-order valence-electron chi connectivity index (χ1n) is 4.49. The molecule has 0 aromatic carbocycles. The molecule has 0 saturated carbocycles. The van der Waals surface area contributed by atoms with Crippen LogP contribution in [0.15, 0.2) is 17.0 Å². The predicted octanol–water partition coefficient (Wildman–Crippen LogP) is 2.36. The normalized spacial score (nSPS) is 8.69. The molecule has 0 unspecified atom stereocenters. The molecule has 0 aliphatic carbocycles. The number of nitriles is 2. The van der Waals surface area contributed by atoms with Crippen molar-refractivity contribution in [3.05, 3.63) is 27.5 Å². The van der Waals surface area contributed by atoms with Gasteiger partial charge in [-0.15, -0.1) is 11.3 Å². The number of hydrogen-bond donors (Lipinski definition) is 0. The number of ether oxygens (including phenoxy) is 1. The molecule has 0 N–H and O–H groups in total. The monoisotopic (exact) mass is 232 g/mol. The van der Waals surface area contributed by atoms with Crippen LogP contribution in [0.25, 0.3) is 6.08 Å². The summed E-state index contributed by atoms with van der Waals surface area (Å²) >= 11 is 1.28. The maximum atomic E-state index is 11.5. The van der Waals surface area contributed by atoms with Crippen molar-refractivity contribution in [1.82, 2.24) is 0 Å². The highest BCUT2D eigenvalue weighted by Crippen LogP contribution is 2.20. The summed E-state index contributed by atoms with van der Waals surface area (Å²) in [4.78, 5) is 12.0. The highest BCUT2D eigenvalue weighted by Gasteiger charge is 2.12. The van der Waals surface area contributed by atoms with Crippen molar-refractivity contribution in [2.75, 3.05) is 6.61 Å². The van der Waals surface area contributed by atoms with Crippen LogP contribution in [-0.4, -0.2) is 12.6 Å². The smallest absolute Gasteiger partial charge is 0.339 e. The van der Waals surface area contributed by atoms with E-state index in [4.69, 9.17) is 15.3 Å². The zero-order valence-corrected chi connectivity index (χ0v) is 9.37. The molecule has 0 saturated heterocycles. The first kappa shape index (κ1) is 12.0. The SMILES string of the molecule is CCOC(=O)c1ccsc1C=C(C#N)C#N. The maximum absolute atomic E-state index is 11.5. The number of nitrogens with zero attached hydrogens (tertiary/aromatic N) is 2. The van der Waals surface area contributed by atoms with Gasteiger partial charge in [0.25, 0.3) is 0 Å². The quantitative estimate of drug-likeness (QED) is 0.592. The number of esters is 1. The van der Waals surface area contributed by atoms with Gasteiger partial charge in [0.2, 0.25) is 0 Å². The second-order valence-corrected chi connectivity index (χ2v) is 3.65. The molecule has 0 spiro atoms. The third kappa shape index (κ3) is 2.69. The Bertz CT molecular complexity index is 487. The Hall–Kier alpha value is -2.11. The molecule has 0 amide bonds. The number of carbonyl (C=O) groups excluding carboxylic acids is 1. The molecule has 0 bridgehead atoms. The lowest BCUT2D eigenvalue weighted by atomic mass is 10.2. The lowest BCUT2D eigenvalue weighted by molar-refractivity contribution is 0.0527. The van der Waals surface area contributed by atoms with Gasteiger partial charge in [-0.1, -0.05) is 0 Å². The van der Waals surface area contributed by atoms with Crippen LogP contribution < -0.4 is 0 Å². The molecule has 80 valence electrons. The van der Waals surface area contributed by atoms with Gasteiger partial charge < -0.3 is 4.74 Å². The summed E-state index contributed by atoms with van der Waals surface area (Å²) in [6.07, 6.45) is 1.39. The van der Waals surface area contributed by atoms with E-state index >= 15 is 0 Å². The second kappa shape index (κ2) is 5.69. The Kier molecular flexibility index (Phi) is 4.26. The molecule has 1 rings (SSSR count). The minimum atomic E-state index is -0.440. The fraction of sp³-hybridized carbons (Fsp3) is 0.182. The second-order valence-electron chi connectivity index (χ2n) is 2.70. The maximum Gasteiger partial charge on any atom is 0.339 e. The molecule has 0 aliphatic rings. The Balaban J connectivity index is 3.05. The number of rotatable bonds is 3. The van der Waals surface area contributed by atoms with Gasteiger partial charge >= 0.3 is 5.97 Å². The number of carbonyl (C=O) groups is 1. The van der Waals surface area contributed by atoms with Crippen molar-refractivity contribution in [2.24, 2.45) is 0 Å². The average molecular weight is 232 g/mol. The highest BCUT2D eigenvalue weighted by molar-refractivity contribution is 7.11. The largest absolute Gasteiger partial charge is 0.462 e. The molecule has 0 radical (unpaired) electrons. The predicted molar refractivity (Wildman–Crippen MR) is 59.5 cm³/mol. The van der Waals surface area contributed by atoms with Gasteiger partial charge in [-0.2, -0.15) is 10.5 Å². The summed E-state index contributed by atoms with van der Waals surface area (Å²) in [6.45, 7) is 2.01. The standard InChI is InChI=1S/C11H8N2O2S/c1-2-15-11(14)9-3-4-16-10(9)5-8(6-12)7-13/h3-5H,2H2,1H3. The van der Waals surface area contributed by atoms with Crippen molar-refractivity contribution in [2.45, 2.75) is 6.92 Å². The zero-order chi connectivity index (χ0) is 12.0. The summed E-state index contributed by atoms with van der Waals surface area (Å²) in [5.41, 5.74) is 0.350. The van der Waals surface area contributed by atoms with Crippen molar-refractivity contribution < 1.29 is 9.53 Å². The first-order chi connectivity index (χ1) is 7.72. The van der Waals surface area contributed by atoms with Crippen LogP contribution in [-0.2, 0) is 4.74 Å². The van der Waals surface area contributed by atoms with E-state index in [9.17, 15) is 4.79 Å². The number of hydrogen-bond acceptors (Lipinski definition) is 5. The molecule has 0 aliphatic heterocycles. The van der Waals surface area contributed by atoms with E-state index in [-0.39, 0.29) is 5.57 Å². The fourth-order valence-corrected chi connectivity index (χ4v) is 1.85. The molecule has 0 atom stereocenters. The summed E-state index contributed by atoms with van der Waals surface area (Å²) in [7, 11) is 0. The molecule has 1 aromatic rings. The van der Waals surface area contributed by atoms with E-state index < -0.39 is 5.97 Å². The fourth-order valence-electron chi connectivity index (χ4n) is 1.03. The zero-order valence-electron chi connectivity index (χ0n) is 8.56. The van der Waals surface area contributed by atoms with Crippen LogP contribution >= 0.6 is 11.3 Å². The van der Waals surface area contributed by atoms with E-state index in [1.54, 1.807) is 30.5 Å². The van der Waals surface area contributed by atoms with Crippen LogP contribution in [0.4, 0.5) is 0 Å². The molecule has 5 heteroatoms. The van der Waals surface area contributed by atoms with Crippen LogP contribution in [0.3, 0.4) is 0 Å². The minimum Gasteiger partial charge on any atom is -0.462 e. The van der Waals surface area contributed by atoms with Crippen LogP contribution in [0.5, 0.6) is 0 Å². The molecular formula is C11H8N2O2S. The van der Waals surface area contributed by atoms with E-state index in [1.807, 2.05) is 0 Å². The summed E-state index contributed by atoms with van der Waals surface area (Å²) in [5.74, 6) is -0.440. The van der Waals surface area contributed by atoms with E-state index in [0.717, 1.165) is 0 Å². The van der Waals surface area contributed by atoms with E-state index in [1.165, 1.54) is 17.4 Å². The number of thiophene rings is 1. The topological polar surface area (TPSA) is 73.9 Å². The van der Waals surface area contributed by atoms with Gasteiger partial charge in [-0.3, -0.25) is 0 Å². The van der Waals surface area contributed by atoms with E-state index in [0.29, 0.717) is 17.0 Å². The Morgan fingerprint density at radius 2 is 2.25 bits per heavy atom. The summed E-state index contributed by atoms with van der Waals surface area (Å²) in [6, 6.07) is 5.10. The molecule has 16 heavy (non-hydrogen) atoms. The summed E-state index contributed by atoms with van der Waals surface area (Å²) < 4.78 is 4.85. The molecule has 0 fully saturated rings. The molecule has 1 heterocycles. The van der Waals surface area contributed by atoms with Crippen molar-refractivity contribution >= 4 is 23.4 Å². The molecule has 4 nitrogen and oxygen atoms in total. The van der Waals surface area contributed by atoms with Gasteiger partial charge in [-0.25, -0.2) is 4.79 Å². The molecule has 1 aromatic heterocycles. The van der Waals surface area contributed by atoms with Crippen molar-refractivity contribution in [3.8, 4) is 12.1 Å². The lowest BCUT2D eigenvalue weighted by Gasteiger charge is -1.99. The number of allylic oxidation sites excluding steroid dienone is 1. The minimum absolute atomic E-state index is 0.0343. The Labute approximate surface area is 97.0 Å². The van der Waals surface area contributed by atoms with Gasteiger partial charge in [-0.05, 0) is 24.4 Å². The first-order valence-corrected chi connectivity index (χ1v) is 5.37. The molecular weight excluding hydrogens is 224 g/mol. The third-order valence-electron chi connectivity index (χ3n) is 1.71. The average Bonchev–Trinajstić information content (AvgIpc) is 2.74. The van der Waals surface area contributed by atoms with Crippen LogP contribution in [0.1, 0.15) is 22.2 Å². The van der Waals surface area contributed by atoms with Gasteiger partial charge in [0, 0.05) is 4.88 Å². The Morgan fingerprint density at radius 3 is 2.81 bits per heavy atom.